The fourth-order valence-electron chi connectivity index (χ4n) is 6.13. The van der Waals surface area contributed by atoms with Gasteiger partial charge in [0.1, 0.15) is 23.7 Å². The monoisotopic (exact) mass is 581 g/mol. The predicted octanol–water partition coefficient (Wildman–Crippen LogP) is 3.90. The first kappa shape index (κ1) is 26.9. The summed E-state index contributed by atoms with van der Waals surface area (Å²) in [6.45, 7) is 3.10. The zero-order chi connectivity index (χ0) is 29.7. The number of imidazole rings is 1. The molecular formula is C31H29F2N9O. The highest BCUT2D eigenvalue weighted by Gasteiger charge is 2.40. The summed E-state index contributed by atoms with van der Waals surface area (Å²) in [6.07, 6.45) is 4.59. The second-order valence-corrected chi connectivity index (χ2v) is 10.8. The summed E-state index contributed by atoms with van der Waals surface area (Å²) in [6, 6.07) is 14.1. The topological polar surface area (TPSA) is 120 Å². The molecule has 1 aliphatic heterocycles. The molecule has 1 aliphatic carbocycles. The van der Waals surface area contributed by atoms with E-state index in [1.165, 1.54) is 4.90 Å². The van der Waals surface area contributed by atoms with Crippen LogP contribution in [-0.4, -0.2) is 71.6 Å². The van der Waals surface area contributed by atoms with Crippen LogP contribution in [0.15, 0.2) is 79.8 Å². The van der Waals surface area contributed by atoms with E-state index in [0.29, 0.717) is 40.6 Å². The summed E-state index contributed by atoms with van der Waals surface area (Å²) in [5.41, 5.74) is 11.1. The molecule has 5 heterocycles. The number of carbonyl (C=O) groups excluding carboxylic acids is 1. The molecule has 1 fully saturated rings. The quantitative estimate of drug-likeness (QED) is 0.292. The van der Waals surface area contributed by atoms with Gasteiger partial charge in [-0.05, 0) is 72.5 Å². The zero-order valence-corrected chi connectivity index (χ0v) is 23.1. The lowest BCUT2D eigenvalue weighted by Gasteiger charge is -2.38. The average molecular weight is 582 g/mol. The van der Waals surface area contributed by atoms with Crippen LogP contribution in [0.25, 0.3) is 34.1 Å². The van der Waals surface area contributed by atoms with Crippen molar-refractivity contribution in [3.63, 3.8) is 0 Å². The number of alkyl halides is 2. The minimum absolute atomic E-state index is 0.164. The van der Waals surface area contributed by atoms with Crippen molar-refractivity contribution in [3.05, 3.63) is 90.9 Å². The zero-order valence-electron chi connectivity index (χ0n) is 23.1. The van der Waals surface area contributed by atoms with Gasteiger partial charge in [0.05, 0.1) is 24.7 Å². The minimum atomic E-state index is -1.53. The van der Waals surface area contributed by atoms with Crippen molar-refractivity contribution in [2.75, 3.05) is 18.8 Å². The Morgan fingerprint density at radius 2 is 1.91 bits per heavy atom. The van der Waals surface area contributed by atoms with Gasteiger partial charge in [0.25, 0.3) is 0 Å². The number of fused-ring (bicyclic) bond motifs is 2. The predicted molar refractivity (Wildman–Crippen MR) is 158 cm³/mol. The summed E-state index contributed by atoms with van der Waals surface area (Å²) < 4.78 is 33.8. The van der Waals surface area contributed by atoms with Crippen LogP contribution >= 0.6 is 0 Å². The third-order valence-corrected chi connectivity index (χ3v) is 8.22. The standard InChI is InChI=1S/C31H29F2N9O/c1-2-27(43)40-16-22(32)28(23(33)17-40)37-24-9-6-18-15-19(7-8-20(18)24)42-30(21-5-3-12-35-29(21)34)38-25-10-11-26(39-31(25)42)41-14-4-13-36-41/h2-5,7-8,10-15,22-24,28,37H,1,6,9,16-17H2,(H2,34,35). The van der Waals surface area contributed by atoms with E-state index in [9.17, 15) is 4.79 Å². The van der Waals surface area contributed by atoms with Crippen molar-refractivity contribution in [2.24, 2.45) is 0 Å². The molecule has 7 rings (SSSR count). The van der Waals surface area contributed by atoms with Gasteiger partial charge in [-0.15, -0.1) is 0 Å². The van der Waals surface area contributed by atoms with E-state index in [4.69, 9.17) is 15.7 Å². The van der Waals surface area contributed by atoms with Crippen LogP contribution in [0.3, 0.4) is 0 Å². The number of aryl methyl sites for hydroxylation is 1. The number of carbonyl (C=O) groups is 1. The molecule has 3 unspecified atom stereocenters. The lowest BCUT2D eigenvalue weighted by molar-refractivity contribution is -0.130. The number of anilines is 1. The molecule has 1 saturated heterocycles. The van der Waals surface area contributed by atoms with E-state index in [0.717, 1.165) is 29.3 Å². The van der Waals surface area contributed by atoms with E-state index in [1.807, 2.05) is 53.2 Å². The van der Waals surface area contributed by atoms with Gasteiger partial charge in [0.15, 0.2) is 17.3 Å². The van der Waals surface area contributed by atoms with E-state index in [2.05, 4.69) is 28.0 Å². The first-order valence-corrected chi connectivity index (χ1v) is 14.1. The summed E-state index contributed by atoms with van der Waals surface area (Å²) in [5.74, 6) is 1.12. The van der Waals surface area contributed by atoms with Crippen LogP contribution < -0.4 is 11.1 Å². The van der Waals surface area contributed by atoms with E-state index < -0.39 is 24.3 Å². The highest BCUT2D eigenvalue weighted by atomic mass is 19.1. The Hall–Kier alpha value is -4.97. The fourth-order valence-corrected chi connectivity index (χ4v) is 6.13. The van der Waals surface area contributed by atoms with E-state index in [-0.39, 0.29) is 19.1 Å². The minimum Gasteiger partial charge on any atom is -0.383 e. The first-order valence-electron chi connectivity index (χ1n) is 14.1. The molecule has 0 spiro atoms. The van der Waals surface area contributed by atoms with E-state index in [1.54, 1.807) is 17.1 Å². The number of piperidine rings is 1. The first-order chi connectivity index (χ1) is 20.9. The van der Waals surface area contributed by atoms with Crippen molar-refractivity contribution < 1.29 is 13.6 Å². The van der Waals surface area contributed by atoms with E-state index >= 15 is 8.78 Å². The molecule has 12 heteroatoms. The number of rotatable bonds is 6. The van der Waals surface area contributed by atoms with Gasteiger partial charge in [0, 0.05) is 30.3 Å². The Bertz CT molecular complexity index is 1820. The maximum Gasteiger partial charge on any atom is 0.246 e. The molecule has 5 aromatic rings. The second-order valence-electron chi connectivity index (χ2n) is 10.8. The SMILES string of the molecule is C=CC(=O)N1CC(F)C(NC2CCc3cc(-n4c(-c5cccnc5N)nc5ccc(-n6cccn6)nc54)ccc32)C(F)C1. The molecule has 3 N–H and O–H groups in total. The van der Waals surface area contributed by atoms with Gasteiger partial charge < -0.3 is 16.0 Å². The highest BCUT2D eigenvalue weighted by molar-refractivity contribution is 5.87. The normalized spacial score (nSPS) is 21.7. The molecule has 218 valence electrons. The van der Waals surface area contributed by atoms with Crippen molar-refractivity contribution in [1.82, 2.24) is 39.5 Å². The summed E-state index contributed by atoms with van der Waals surface area (Å²) in [4.78, 5) is 27.2. The molecule has 4 aromatic heterocycles. The van der Waals surface area contributed by atoms with Crippen LogP contribution in [0, 0.1) is 0 Å². The summed E-state index contributed by atoms with van der Waals surface area (Å²) in [5, 5.41) is 7.54. The van der Waals surface area contributed by atoms with Crippen molar-refractivity contribution >= 4 is 22.9 Å². The van der Waals surface area contributed by atoms with Crippen LogP contribution in [0.5, 0.6) is 0 Å². The number of pyridine rings is 2. The number of likely N-dealkylation sites (tertiary alicyclic amines) is 1. The third-order valence-electron chi connectivity index (χ3n) is 8.22. The highest BCUT2D eigenvalue weighted by Crippen LogP contribution is 2.37. The van der Waals surface area contributed by atoms with Crippen molar-refractivity contribution in [2.45, 2.75) is 37.3 Å². The smallest absolute Gasteiger partial charge is 0.246 e. The molecule has 1 aromatic carbocycles. The Balaban J connectivity index is 1.25. The lowest BCUT2D eigenvalue weighted by atomic mass is 9.98. The van der Waals surface area contributed by atoms with Gasteiger partial charge >= 0.3 is 0 Å². The number of hydrogen-bond acceptors (Lipinski definition) is 7. The van der Waals surface area contributed by atoms with Crippen molar-refractivity contribution in [3.8, 4) is 22.9 Å². The van der Waals surface area contributed by atoms with Crippen molar-refractivity contribution in [1.29, 1.82) is 0 Å². The van der Waals surface area contributed by atoms with Gasteiger partial charge in [-0.25, -0.2) is 28.4 Å². The number of amides is 1. The molecular weight excluding hydrogens is 552 g/mol. The molecule has 10 nitrogen and oxygen atoms in total. The van der Waals surface area contributed by atoms with Gasteiger partial charge in [0.2, 0.25) is 5.91 Å². The maximum absolute atomic E-state index is 15.1. The number of hydrogen-bond donors (Lipinski definition) is 2. The number of benzene rings is 1. The van der Waals surface area contributed by atoms with Crippen LogP contribution in [0.1, 0.15) is 23.6 Å². The van der Waals surface area contributed by atoms with Gasteiger partial charge in [-0.3, -0.25) is 9.36 Å². The summed E-state index contributed by atoms with van der Waals surface area (Å²) >= 11 is 0. The fraction of sp³-hybridized carbons (Fsp3) is 0.258. The molecule has 0 saturated carbocycles. The Morgan fingerprint density at radius 1 is 1.07 bits per heavy atom. The number of halogens is 2. The van der Waals surface area contributed by atoms with Gasteiger partial charge in [-0.1, -0.05) is 12.6 Å². The van der Waals surface area contributed by atoms with Gasteiger partial charge in [-0.2, -0.15) is 5.10 Å². The molecule has 2 aliphatic rings. The molecule has 3 atom stereocenters. The van der Waals surface area contributed by atoms with Crippen LogP contribution in [-0.2, 0) is 11.2 Å². The number of aromatic nitrogens is 6. The third kappa shape index (κ3) is 4.73. The molecule has 43 heavy (non-hydrogen) atoms. The second kappa shape index (κ2) is 10.7. The number of nitrogen functional groups attached to an aromatic ring is 1. The Morgan fingerprint density at radius 3 is 2.65 bits per heavy atom. The number of nitrogens with two attached hydrogens (primary N) is 1. The van der Waals surface area contributed by atoms with Crippen LogP contribution in [0.4, 0.5) is 14.6 Å². The van der Waals surface area contributed by atoms with Crippen LogP contribution in [0.2, 0.25) is 0 Å². The Labute approximate surface area is 245 Å². The number of nitrogens with one attached hydrogen (secondary N) is 1. The molecule has 0 bridgehead atoms. The maximum atomic E-state index is 15.1. The average Bonchev–Trinajstić information content (AvgIpc) is 3.77. The lowest BCUT2D eigenvalue weighted by Crippen LogP contribution is -2.59. The summed E-state index contributed by atoms with van der Waals surface area (Å²) in [7, 11) is 0. The molecule has 1 amide bonds. The molecule has 0 radical (unpaired) electrons. The largest absolute Gasteiger partial charge is 0.383 e. The Kier molecular flexibility index (Phi) is 6.69. The number of nitrogens with zero attached hydrogens (tertiary/aromatic N) is 7.